The Morgan fingerprint density at radius 2 is 1.47 bits per heavy atom. The van der Waals surface area contributed by atoms with Gasteiger partial charge in [0.05, 0.1) is 4.90 Å². The molecule has 178 valence electrons. The number of hydrogen-bond acceptors (Lipinski definition) is 4. The van der Waals surface area contributed by atoms with E-state index in [9.17, 15) is 18.0 Å². The van der Waals surface area contributed by atoms with E-state index in [0.717, 1.165) is 11.1 Å². The van der Waals surface area contributed by atoms with Gasteiger partial charge in [-0.15, -0.1) is 0 Å². The highest BCUT2D eigenvalue weighted by Gasteiger charge is 2.16. The van der Waals surface area contributed by atoms with Gasteiger partial charge in [-0.2, -0.15) is 0 Å². The normalized spacial score (nSPS) is 11.1. The fourth-order valence-electron chi connectivity index (χ4n) is 3.41. The lowest BCUT2D eigenvalue weighted by atomic mass is 10.1. The standard InChI is InChI=1S/C26H29N3O4S/c1-5-29(6-2)26(31)21-8-7-9-23(17-21)27-25(30)20-11-13-22(14-12-20)28-34(32,33)24-15-10-18(3)19(4)16-24/h7-17,28H,5-6H2,1-4H3,(H,27,30). The van der Waals surface area contributed by atoms with Gasteiger partial charge in [0.1, 0.15) is 0 Å². The third-order valence-corrected chi connectivity index (χ3v) is 6.98. The van der Waals surface area contributed by atoms with E-state index in [-0.39, 0.29) is 16.7 Å². The Hall–Kier alpha value is -3.65. The Bertz CT molecular complexity index is 1300. The molecule has 0 aliphatic carbocycles. The molecule has 0 unspecified atom stereocenters. The van der Waals surface area contributed by atoms with Crippen molar-refractivity contribution in [2.75, 3.05) is 23.1 Å². The Morgan fingerprint density at radius 3 is 2.09 bits per heavy atom. The number of aryl methyl sites for hydroxylation is 2. The molecule has 2 amide bonds. The van der Waals surface area contributed by atoms with Crippen LogP contribution < -0.4 is 10.0 Å². The van der Waals surface area contributed by atoms with Gasteiger partial charge in [-0.05, 0) is 93.4 Å². The summed E-state index contributed by atoms with van der Waals surface area (Å²) in [5.74, 6) is -0.461. The average Bonchev–Trinajstić information content (AvgIpc) is 2.82. The van der Waals surface area contributed by atoms with Crippen LogP contribution in [0.15, 0.2) is 71.6 Å². The van der Waals surface area contributed by atoms with Gasteiger partial charge in [0, 0.05) is 35.6 Å². The van der Waals surface area contributed by atoms with Crippen LogP contribution in [0.3, 0.4) is 0 Å². The number of carbonyl (C=O) groups excluding carboxylic acids is 2. The molecule has 0 saturated carbocycles. The summed E-state index contributed by atoms with van der Waals surface area (Å²) in [6, 6.07) is 17.9. The van der Waals surface area contributed by atoms with E-state index in [1.54, 1.807) is 59.5 Å². The van der Waals surface area contributed by atoms with E-state index in [2.05, 4.69) is 10.0 Å². The molecule has 0 heterocycles. The fourth-order valence-corrected chi connectivity index (χ4v) is 4.55. The second kappa shape index (κ2) is 10.5. The predicted octanol–water partition coefficient (Wildman–Crippen LogP) is 4.84. The van der Waals surface area contributed by atoms with E-state index in [0.29, 0.717) is 35.6 Å². The molecule has 0 aromatic heterocycles. The molecular formula is C26H29N3O4S. The molecule has 0 radical (unpaired) electrons. The Labute approximate surface area is 200 Å². The largest absolute Gasteiger partial charge is 0.339 e. The lowest BCUT2D eigenvalue weighted by Gasteiger charge is -2.19. The molecule has 0 atom stereocenters. The quantitative estimate of drug-likeness (QED) is 0.483. The number of amides is 2. The minimum atomic E-state index is -3.75. The average molecular weight is 480 g/mol. The minimum absolute atomic E-state index is 0.0958. The number of nitrogens with one attached hydrogen (secondary N) is 2. The maximum atomic E-state index is 12.7. The molecular weight excluding hydrogens is 450 g/mol. The van der Waals surface area contributed by atoms with Crippen LogP contribution in [0, 0.1) is 13.8 Å². The number of sulfonamides is 1. The van der Waals surface area contributed by atoms with Crippen molar-refractivity contribution in [2.45, 2.75) is 32.6 Å². The summed E-state index contributed by atoms with van der Waals surface area (Å²) in [5.41, 5.74) is 3.60. The summed E-state index contributed by atoms with van der Waals surface area (Å²) in [6.45, 7) is 8.81. The highest BCUT2D eigenvalue weighted by atomic mass is 32.2. The summed E-state index contributed by atoms with van der Waals surface area (Å²) < 4.78 is 27.9. The Kier molecular flexibility index (Phi) is 7.73. The summed E-state index contributed by atoms with van der Waals surface area (Å²) in [5, 5.41) is 2.79. The minimum Gasteiger partial charge on any atom is -0.339 e. The fraction of sp³-hybridized carbons (Fsp3) is 0.231. The highest BCUT2D eigenvalue weighted by Crippen LogP contribution is 2.20. The maximum Gasteiger partial charge on any atom is 0.261 e. The molecule has 3 rings (SSSR count). The zero-order chi connectivity index (χ0) is 24.9. The van der Waals surface area contributed by atoms with Gasteiger partial charge >= 0.3 is 0 Å². The topological polar surface area (TPSA) is 95.6 Å². The first kappa shape index (κ1) is 25.0. The van der Waals surface area contributed by atoms with Crippen molar-refractivity contribution in [1.29, 1.82) is 0 Å². The van der Waals surface area contributed by atoms with E-state index < -0.39 is 10.0 Å². The third-order valence-electron chi connectivity index (χ3n) is 5.61. The lowest BCUT2D eigenvalue weighted by Crippen LogP contribution is -2.30. The molecule has 0 saturated heterocycles. The SMILES string of the molecule is CCN(CC)C(=O)c1cccc(NC(=O)c2ccc(NS(=O)(=O)c3ccc(C)c(C)c3)cc2)c1. The van der Waals surface area contributed by atoms with Crippen molar-refractivity contribution in [1.82, 2.24) is 4.90 Å². The van der Waals surface area contributed by atoms with Crippen molar-refractivity contribution in [3.05, 3.63) is 89.0 Å². The van der Waals surface area contributed by atoms with Crippen LogP contribution >= 0.6 is 0 Å². The number of anilines is 2. The van der Waals surface area contributed by atoms with Crippen LogP contribution in [0.4, 0.5) is 11.4 Å². The highest BCUT2D eigenvalue weighted by molar-refractivity contribution is 7.92. The smallest absolute Gasteiger partial charge is 0.261 e. The van der Waals surface area contributed by atoms with Gasteiger partial charge in [-0.1, -0.05) is 12.1 Å². The van der Waals surface area contributed by atoms with Crippen molar-refractivity contribution in [3.8, 4) is 0 Å². The van der Waals surface area contributed by atoms with Crippen LogP contribution in [-0.2, 0) is 10.0 Å². The third kappa shape index (κ3) is 5.82. The molecule has 34 heavy (non-hydrogen) atoms. The van der Waals surface area contributed by atoms with Crippen molar-refractivity contribution < 1.29 is 18.0 Å². The van der Waals surface area contributed by atoms with E-state index in [1.165, 1.54) is 12.1 Å². The number of benzene rings is 3. The van der Waals surface area contributed by atoms with Crippen molar-refractivity contribution in [2.24, 2.45) is 0 Å². The zero-order valence-corrected chi connectivity index (χ0v) is 20.6. The lowest BCUT2D eigenvalue weighted by molar-refractivity contribution is 0.0772. The molecule has 0 fully saturated rings. The molecule has 3 aromatic rings. The van der Waals surface area contributed by atoms with Gasteiger partial charge in [-0.3, -0.25) is 14.3 Å². The molecule has 7 nitrogen and oxygen atoms in total. The van der Waals surface area contributed by atoms with Gasteiger partial charge in [0.2, 0.25) is 0 Å². The van der Waals surface area contributed by atoms with Gasteiger partial charge in [0.25, 0.3) is 21.8 Å². The first-order valence-corrected chi connectivity index (χ1v) is 12.5. The zero-order valence-electron chi connectivity index (χ0n) is 19.8. The first-order valence-electron chi connectivity index (χ1n) is 11.1. The van der Waals surface area contributed by atoms with Crippen LogP contribution in [0.1, 0.15) is 45.7 Å². The van der Waals surface area contributed by atoms with Crippen LogP contribution in [0.2, 0.25) is 0 Å². The maximum absolute atomic E-state index is 12.7. The molecule has 2 N–H and O–H groups in total. The molecule has 0 aliphatic heterocycles. The van der Waals surface area contributed by atoms with Crippen LogP contribution in [0.25, 0.3) is 0 Å². The van der Waals surface area contributed by atoms with Crippen molar-refractivity contribution in [3.63, 3.8) is 0 Å². The number of carbonyl (C=O) groups is 2. The summed E-state index contributed by atoms with van der Waals surface area (Å²) in [4.78, 5) is 27.1. The molecule has 3 aromatic carbocycles. The molecule has 8 heteroatoms. The van der Waals surface area contributed by atoms with Gasteiger partial charge in [0.15, 0.2) is 0 Å². The van der Waals surface area contributed by atoms with Crippen molar-refractivity contribution >= 4 is 33.2 Å². The van der Waals surface area contributed by atoms with E-state index in [1.807, 2.05) is 27.7 Å². The predicted molar refractivity (Wildman–Crippen MR) is 135 cm³/mol. The van der Waals surface area contributed by atoms with E-state index in [4.69, 9.17) is 0 Å². The Morgan fingerprint density at radius 1 is 0.794 bits per heavy atom. The van der Waals surface area contributed by atoms with Crippen LogP contribution in [-0.4, -0.2) is 38.2 Å². The monoisotopic (exact) mass is 479 g/mol. The number of hydrogen-bond donors (Lipinski definition) is 2. The molecule has 0 aliphatic rings. The van der Waals surface area contributed by atoms with Crippen LogP contribution in [0.5, 0.6) is 0 Å². The number of rotatable bonds is 8. The second-order valence-electron chi connectivity index (χ2n) is 7.94. The van der Waals surface area contributed by atoms with Gasteiger partial charge in [-0.25, -0.2) is 8.42 Å². The molecule has 0 bridgehead atoms. The number of nitrogens with zero attached hydrogens (tertiary/aromatic N) is 1. The Balaban J connectivity index is 1.70. The van der Waals surface area contributed by atoms with Gasteiger partial charge < -0.3 is 10.2 Å². The summed E-state index contributed by atoms with van der Waals surface area (Å²) >= 11 is 0. The summed E-state index contributed by atoms with van der Waals surface area (Å²) in [6.07, 6.45) is 0. The first-order chi connectivity index (χ1) is 16.1. The summed E-state index contributed by atoms with van der Waals surface area (Å²) in [7, 11) is -3.75. The molecule has 0 spiro atoms. The van der Waals surface area contributed by atoms with E-state index >= 15 is 0 Å². The second-order valence-corrected chi connectivity index (χ2v) is 9.62.